The molecular weight excluding hydrogens is 342 g/mol. The topological polar surface area (TPSA) is 115 Å². The third-order valence-corrected chi connectivity index (χ3v) is 4.39. The summed E-state index contributed by atoms with van der Waals surface area (Å²) in [5.41, 5.74) is 1.77. The second kappa shape index (κ2) is 6.53. The Hall–Kier alpha value is -2.16. The van der Waals surface area contributed by atoms with E-state index in [2.05, 4.69) is 5.32 Å². The summed E-state index contributed by atoms with van der Waals surface area (Å²) in [5, 5.41) is 19.2. The number of nitrogens with two attached hydrogens (primary N) is 1. The van der Waals surface area contributed by atoms with Crippen molar-refractivity contribution in [2.24, 2.45) is 5.14 Å². The lowest BCUT2D eigenvalue weighted by Crippen LogP contribution is -2.12. The number of aryl methyl sites for hydroxylation is 1. The lowest BCUT2D eigenvalue weighted by Gasteiger charge is -2.12. The Morgan fingerprint density at radius 3 is 2.57 bits per heavy atom. The predicted molar refractivity (Wildman–Crippen MR) is 88.0 cm³/mol. The van der Waals surface area contributed by atoms with Crippen LogP contribution in [0.3, 0.4) is 0 Å². The third kappa shape index (κ3) is 4.19. The highest BCUT2D eigenvalue weighted by molar-refractivity contribution is 7.89. The van der Waals surface area contributed by atoms with E-state index < -0.39 is 14.9 Å². The van der Waals surface area contributed by atoms with Crippen molar-refractivity contribution >= 4 is 33.0 Å². The van der Waals surface area contributed by atoms with Gasteiger partial charge in [0.2, 0.25) is 10.0 Å². The molecule has 7 nitrogen and oxygen atoms in total. The van der Waals surface area contributed by atoms with Gasteiger partial charge in [-0.1, -0.05) is 23.7 Å². The Labute approximate surface area is 138 Å². The molecule has 0 saturated carbocycles. The number of nitrogens with zero attached hydrogens (tertiary/aromatic N) is 1. The Balaban J connectivity index is 2.23. The van der Waals surface area contributed by atoms with Crippen LogP contribution < -0.4 is 10.5 Å². The smallest absolute Gasteiger partial charge is 0.271 e. The van der Waals surface area contributed by atoms with Crippen molar-refractivity contribution in [3.63, 3.8) is 0 Å². The van der Waals surface area contributed by atoms with Crippen LogP contribution in [0.15, 0.2) is 41.3 Å². The molecule has 0 amide bonds. The molecule has 2 aromatic rings. The standard InChI is InChI=1S/C14H14ClN3O4S/c1-9-5-11(18(19)20)7-13(15)14(9)17-8-10-3-2-4-12(6-10)23(16,21)22/h2-7,17H,8H2,1H3,(H2,16,21,22). The fourth-order valence-electron chi connectivity index (χ4n) is 2.08. The van der Waals surface area contributed by atoms with E-state index in [0.29, 0.717) is 23.4 Å². The van der Waals surface area contributed by atoms with Gasteiger partial charge in [-0.15, -0.1) is 0 Å². The number of anilines is 1. The van der Waals surface area contributed by atoms with E-state index in [4.69, 9.17) is 16.7 Å². The number of sulfonamides is 1. The van der Waals surface area contributed by atoms with Crippen molar-refractivity contribution in [1.29, 1.82) is 0 Å². The normalized spacial score (nSPS) is 11.3. The minimum atomic E-state index is -3.77. The number of nitrogens with one attached hydrogen (secondary N) is 1. The summed E-state index contributed by atoms with van der Waals surface area (Å²) in [6.45, 7) is 1.99. The molecule has 3 N–H and O–H groups in total. The van der Waals surface area contributed by atoms with Gasteiger partial charge in [0.1, 0.15) is 0 Å². The molecular formula is C14H14ClN3O4S. The van der Waals surface area contributed by atoms with E-state index in [1.54, 1.807) is 19.1 Å². The first-order valence-corrected chi connectivity index (χ1v) is 8.41. The number of hydrogen-bond acceptors (Lipinski definition) is 5. The van der Waals surface area contributed by atoms with Crippen LogP contribution in [0.4, 0.5) is 11.4 Å². The van der Waals surface area contributed by atoms with Crippen molar-refractivity contribution < 1.29 is 13.3 Å². The maximum absolute atomic E-state index is 11.3. The summed E-state index contributed by atoms with van der Waals surface area (Å²) in [7, 11) is -3.77. The molecule has 0 radical (unpaired) electrons. The fourth-order valence-corrected chi connectivity index (χ4v) is 2.99. The van der Waals surface area contributed by atoms with Crippen LogP contribution in [-0.4, -0.2) is 13.3 Å². The lowest BCUT2D eigenvalue weighted by atomic mass is 10.1. The van der Waals surface area contributed by atoms with Crippen molar-refractivity contribution in [2.45, 2.75) is 18.4 Å². The molecule has 0 aliphatic heterocycles. The minimum Gasteiger partial charge on any atom is -0.380 e. The molecule has 2 rings (SSSR count). The zero-order chi connectivity index (χ0) is 17.2. The van der Waals surface area contributed by atoms with Crippen molar-refractivity contribution in [1.82, 2.24) is 0 Å². The van der Waals surface area contributed by atoms with Gasteiger partial charge in [0.05, 0.1) is 20.5 Å². The average Bonchev–Trinajstić information content (AvgIpc) is 2.45. The number of benzene rings is 2. The number of halogens is 1. The monoisotopic (exact) mass is 355 g/mol. The van der Waals surface area contributed by atoms with Crippen LogP contribution in [-0.2, 0) is 16.6 Å². The van der Waals surface area contributed by atoms with Gasteiger partial charge in [0.15, 0.2) is 0 Å². The molecule has 0 aromatic heterocycles. The summed E-state index contributed by atoms with van der Waals surface area (Å²) in [6.07, 6.45) is 0. The number of nitro groups is 1. The molecule has 0 spiro atoms. The summed E-state index contributed by atoms with van der Waals surface area (Å²) in [6, 6.07) is 8.85. The van der Waals surface area contributed by atoms with Gasteiger partial charge in [-0.3, -0.25) is 10.1 Å². The highest BCUT2D eigenvalue weighted by Crippen LogP contribution is 2.31. The fraction of sp³-hybridized carbons (Fsp3) is 0.143. The summed E-state index contributed by atoms with van der Waals surface area (Å²) in [4.78, 5) is 10.3. The Morgan fingerprint density at radius 1 is 1.30 bits per heavy atom. The summed E-state index contributed by atoms with van der Waals surface area (Å²) in [5.74, 6) is 0. The van der Waals surface area contributed by atoms with Gasteiger partial charge in [-0.25, -0.2) is 13.6 Å². The molecule has 0 fully saturated rings. The van der Waals surface area contributed by atoms with Crippen LogP contribution in [0.5, 0.6) is 0 Å². The van der Waals surface area contributed by atoms with Gasteiger partial charge >= 0.3 is 0 Å². The zero-order valence-corrected chi connectivity index (χ0v) is 13.7. The zero-order valence-electron chi connectivity index (χ0n) is 12.1. The van der Waals surface area contributed by atoms with Crippen LogP contribution >= 0.6 is 11.6 Å². The average molecular weight is 356 g/mol. The molecule has 0 atom stereocenters. The predicted octanol–water partition coefficient (Wildman–Crippen LogP) is 2.82. The van der Waals surface area contributed by atoms with E-state index in [-0.39, 0.29) is 15.6 Å². The largest absolute Gasteiger partial charge is 0.380 e. The molecule has 0 aliphatic rings. The van der Waals surface area contributed by atoms with Gasteiger partial charge in [0, 0.05) is 18.7 Å². The van der Waals surface area contributed by atoms with E-state index >= 15 is 0 Å². The molecule has 2 aromatic carbocycles. The SMILES string of the molecule is Cc1cc([N+](=O)[O-])cc(Cl)c1NCc1cccc(S(N)(=O)=O)c1. The maximum Gasteiger partial charge on any atom is 0.271 e. The molecule has 0 saturated heterocycles. The number of rotatable bonds is 5. The van der Waals surface area contributed by atoms with Crippen LogP contribution in [0, 0.1) is 17.0 Å². The van der Waals surface area contributed by atoms with Crippen molar-refractivity contribution in [3.05, 3.63) is 62.7 Å². The van der Waals surface area contributed by atoms with Gasteiger partial charge in [-0.05, 0) is 30.2 Å². The molecule has 9 heteroatoms. The van der Waals surface area contributed by atoms with Crippen molar-refractivity contribution in [2.75, 3.05) is 5.32 Å². The Morgan fingerprint density at radius 2 is 2.00 bits per heavy atom. The number of primary sulfonamides is 1. The van der Waals surface area contributed by atoms with Crippen LogP contribution in [0.1, 0.15) is 11.1 Å². The highest BCUT2D eigenvalue weighted by Gasteiger charge is 2.13. The highest BCUT2D eigenvalue weighted by atomic mass is 35.5. The maximum atomic E-state index is 11.3. The summed E-state index contributed by atoms with van der Waals surface area (Å²) < 4.78 is 22.7. The second-order valence-electron chi connectivity index (χ2n) is 4.92. The minimum absolute atomic E-state index is 0.0170. The molecule has 122 valence electrons. The van der Waals surface area contributed by atoms with E-state index in [1.165, 1.54) is 24.3 Å². The molecule has 0 unspecified atom stereocenters. The summed E-state index contributed by atoms with van der Waals surface area (Å²) >= 11 is 6.07. The van der Waals surface area contributed by atoms with Crippen LogP contribution in [0.25, 0.3) is 0 Å². The molecule has 0 aliphatic carbocycles. The van der Waals surface area contributed by atoms with E-state index in [1.807, 2.05) is 0 Å². The first-order chi connectivity index (χ1) is 10.7. The van der Waals surface area contributed by atoms with Gasteiger partial charge in [0.25, 0.3) is 5.69 Å². The van der Waals surface area contributed by atoms with Crippen molar-refractivity contribution in [3.8, 4) is 0 Å². The van der Waals surface area contributed by atoms with Gasteiger partial charge in [-0.2, -0.15) is 0 Å². The molecule has 0 heterocycles. The van der Waals surface area contributed by atoms with E-state index in [0.717, 1.165) is 0 Å². The Kier molecular flexibility index (Phi) is 4.88. The first kappa shape index (κ1) is 17.2. The lowest BCUT2D eigenvalue weighted by molar-refractivity contribution is -0.384. The number of hydrogen-bond donors (Lipinski definition) is 2. The second-order valence-corrected chi connectivity index (χ2v) is 6.89. The first-order valence-electron chi connectivity index (χ1n) is 6.48. The Bertz CT molecular complexity index is 845. The van der Waals surface area contributed by atoms with Gasteiger partial charge < -0.3 is 5.32 Å². The molecule has 23 heavy (non-hydrogen) atoms. The number of non-ortho nitro benzene ring substituents is 1. The van der Waals surface area contributed by atoms with E-state index in [9.17, 15) is 18.5 Å². The number of nitro benzene ring substituents is 1. The molecule has 0 bridgehead atoms. The van der Waals surface area contributed by atoms with Crippen LogP contribution in [0.2, 0.25) is 5.02 Å². The third-order valence-electron chi connectivity index (χ3n) is 3.18. The quantitative estimate of drug-likeness (QED) is 0.632.